The fourth-order valence-electron chi connectivity index (χ4n) is 3.02. The summed E-state index contributed by atoms with van der Waals surface area (Å²) in [6, 6.07) is 8.79. The molecule has 0 aliphatic heterocycles. The minimum absolute atomic E-state index is 0.00716. The van der Waals surface area contributed by atoms with E-state index in [1.165, 1.54) is 12.3 Å². The Morgan fingerprint density at radius 2 is 1.88 bits per heavy atom. The number of aromatic nitrogens is 2. The average molecular weight is 494 g/mol. The Morgan fingerprint density at radius 1 is 1.09 bits per heavy atom. The molecule has 0 spiro atoms. The predicted octanol–water partition coefficient (Wildman–Crippen LogP) is 4.50. The molecule has 4 aromatic rings. The van der Waals surface area contributed by atoms with Gasteiger partial charge < -0.3 is 15.0 Å². The topological polar surface area (TPSA) is 113 Å². The third-order valence-corrected chi connectivity index (χ3v) is 5.94. The monoisotopic (exact) mass is 494 g/mol. The van der Waals surface area contributed by atoms with Crippen LogP contribution in [0.25, 0.3) is 11.0 Å². The molecule has 0 fully saturated rings. The maximum absolute atomic E-state index is 15.0. The Hall–Kier alpha value is -4.13. The van der Waals surface area contributed by atoms with Crippen LogP contribution in [0.2, 0.25) is 0 Å². The van der Waals surface area contributed by atoms with E-state index < -0.39 is 56.2 Å². The molecule has 2 heterocycles. The van der Waals surface area contributed by atoms with Gasteiger partial charge in [-0.1, -0.05) is 6.07 Å². The first-order valence-corrected chi connectivity index (χ1v) is 10.9. The number of carbonyl (C=O) groups excluding carboxylic acids is 1. The normalized spacial score (nSPS) is 11.6. The molecule has 34 heavy (non-hydrogen) atoms. The van der Waals surface area contributed by atoms with Crippen LogP contribution in [0.3, 0.4) is 0 Å². The quantitative estimate of drug-likeness (QED) is 0.328. The molecule has 0 unspecified atom stereocenters. The van der Waals surface area contributed by atoms with Crippen molar-refractivity contribution in [2.75, 3.05) is 10.0 Å². The number of rotatable bonds is 7. The number of H-pyrrole nitrogens is 1. The molecule has 2 aromatic carbocycles. The van der Waals surface area contributed by atoms with E-state index in [2.05, 4.69) is 20.0 Å². The van der Waals surface area contributed by atoms with Crippen LogP contribution in [0.4, 0.5) is 28.9 Å². The molecular formula is C21H14F4N4O4S. The zero-order chi connectivity index (χ0) is 24.5. The van der Waals surface area contributed by atoms with Gasteiger partial charge in [-0.2, -0.15) is 8.78 Å². The summed E-state index contributed by atoms with van der Waals surface area (Å²) in [5, 5.41) is 2.66. The van der Waals surface area contributed by atoms with E-state index in [1.54, 1.807) is 12.3 Å². The Bertz CT molecular complexity index is 1490. The lowest BCUT2D eigenvalue weighted by Crippen LogP contribution is -2.18. The zero-order valence-corrected chi connectivity index (χ0v) is 17.7. The first-order valence-electron chi connectivity index (χ1n) is 9.44. The molecule has 4 rings (SSSR count). The number of halogens is 4. The first kappa shape index (κ1) is 23.0. The molecule has 13 heteroatoms. The van der Waals surface area contributed by atoms with E-state index in [-0.39, 0.29) is 5.56 Å². The van der Waals surface area contributed by atoms with Crippen molar-refractivity contribution in [2.24, 2.45) is 0 Å². The molecule has 8 nitrogen and oxygen atoms in total. The van der Waals surface area contributed by atoms with Crippen molar-refractivity contribution < 1.29 is 35.5 Å². The van der Waals surface area contributed by atoms with E-state index in [4.69, 9.17) is 0 Å². The van der Waals surface area contributed by atoms with E-state index >= 15 is 0 Å². The molecule has 0 radical (unpaired) electrons. The summed E-state index contributed by atoms with van der Waals surface area (Å²) in [6.45, 7) is -3.18. The molecule has 2 aromatic heterocycles. The lowest BCUT2D eigenvalue weighted by atomic mass is 10.2. The smallest absolute Gasteiger partial charge is 0.387 e. The number of carbonyl (C=O) groups is 1. The highest BCUT2D eigenvalue weighted by atomic mass is 32.2. The third kappa shape index (κ3) is 4.78. The summed E-state index contributed by atoms with van der Waals surface area (Å²) in [6.07, 6.45) is 2.80. The van der Waals surface area contributed by atoms with Gasteiger partial charge in [0.25, 0.3) is 15.9 Å². The lowest BCUT2D eigenvalue weighted by molar-refractivity contribution is -0.0500. The largest absolute Gasteiger partial charge is 0.435 e. The van der Waals surface area contributed by atoms with Crippen molar-refractivity contribution >= 4 is 38.3 Å². The van der Waals surface area contributed by atoms with Crippen molar-refractivity contribution in [3.8, 4) is 5.75 Å². The van der Waals surface area contributed by atoms with Gasteiger partial charge in [0.2, 0.25) is 0 Å². The van der Waals surface area contributed by atoms with Gasteiger partial charge in [-0.05, 0) is 36.4 Å². The van der Waals surface area contributed by atoms with Gasteiger partial charge in [-0.3, -0.25) is 9.52 Å². The lowest BCUT2D eigenvalue weighted by Gasteiger charge is -2.14. The number of nitrogens with zero attached hydrogens (tertiary/aromatic N) is 1. The molecule has 0 saturated heterocycles. The van der Waals surface area contributed by atoms with E-state index in [0.29, 0.717) is 11.0 Å². The molecule has 176 valence electrons. The van der Waals surface area contributed by atoms with Crippen LogP contribution in [0, 0.1) is 11.6 Å². The number of anilines is 2. The SMILES string of the molecule is O=C(Nc1c(F)ccc(NS(=O)(=O)c2cccc(OC(F)F)c2)c1F)c1cnc2[nH]ccc2c1. The minimum Gasteiger partial charge on any atom is -0.435 e. The van der Waals surface area contributed by atoms with Crippen LogP contribution in [-0.4, -0.2) is 30.9 Å². The van der Waals surface area contributed by atoms with Crippen LogP contribution < -0.4 is 14.8 Å². The second kappa shape index (κ2) is 9.02. The van der Waals surface area contributed by atoms with Gasteiger partial charge in [0.05, 0.1) is 16.1 Å². The number of ether oxygens (including phenoxy) is 1. The summed E-state index contributed by atoms with van der Waals surface area (Å²) in [5.74, 6) is -3.87. The third-order valence-electron chi connectivity index (χ3n) is 4.58. The summed E-state index contributed by atoms with van der Waals surface area (Å²) in [4.78, 5) is 18.9. The second-order valence-corrected chi connectivity index (χ2v) is 8.52. The number of hydrogen-bond acceptors (Lipinski definition) is 5. The molecule has 0 atom stereocenters. The highest BCUT2D eigenvalue weighted by molar-refractivity contribution is 7.92. The summed E-state index contributed by atoms with van der Waals surface area (Å²) >= 11 is 0. The average Bonchev–Trinajstić information content (AvgIpc) is 3.26. The van der Waals surface area contributed by atoms with Crippen molar-refractivity contribution in [3.63, 3.8) is 0 Å². The van der Waals surface area contributed by atoms with Gasteiger partial charge in [0.1, 0.15) is 22.9 Å². The Balaban J connectivity index is 1.60. The number of aromatic amines is 1. The maximum Gasteiger partial charge on any atom is 0.387 e. The number of fused-ring (bicyclic) bond motifs is 1. The van der Waals surface area contributed by atoms with Gasteiger partial charge in [0.15, 0.2) is 5.82 Å². The number of hydrogen-bond donors (Lipinski definition) is 3. The van der Waals surface area contributed by atoms with Gasteiger partial charge in [-0.25, -0.2) is 22.2 Å². The molecule has 1 amide bonds. The summed E-state index contributed by atoms with van der Waals surface area (Å²) in [7, 11) is -4.49. The van der Waals surface area contributed by atoms with Crippen LogP contribution in [0.15, 0.2) is 65.8 Å². The number of nitrogens with one attached hydrogen (secondary N) is 3. The maximum atomic E-state index is 15.0. The van der Waals surface area contributed by atoms with Crippen molar-refractivity contribution in [1.82, 2.24) is 9.97 Å². The fraction of sp³-hybridized carbons (Fsp3) is 0.0476. The highest BCUT2D eigenvalue weighted by Gasteiger charge is 2.22. The standard InChI is InChI=1S/C21H14F4N4O4S/c22-15-4-5-16(29-34(31,32)14-3-1-2-13(9-14)33-21(24)25)17(23)18(15)28-20(30)12-8-11-6-7-26-19(11)27-10-12/h1-10,21,29H,(H,26,27)(H,28,30). The van der Waals surface area contributed by atoms with Crippen LogP contribution in [0.1, 0.15) is 10.4 Å². The summed E-state index contributed by atoms with van der Waals surface area (Å²) < 4.78 is 85.4. The minimum atomic E-state index is -4.49. The molecule has 0 aliphatic rings. The van der Waals surface area contributed by atoms with Crippen molar-refractivity contribution in [3.05, 3.63) is 78.1 Å². The van der Waals surface area contributed by atoms with Crippen LogP contribution >= 0.6 is 0 Å². The number of benzene rings is 2. The fourth-order valence-corrected chi connectivity index (χ4v) is 4.11. The Morgan fingerprint density at radius 3 is 2.65 bits per heavy atom. The predicted molar refractivity (Wildman–Crippen MR) is 114 cm³/mol. The zero-order valence-electron chi connectivity index (χ0n) is 16.9. The molecule has 0 saturated carbocycles. The Kier molecular flexibility index (Phi) is 6.11. The van der Waals surface area contributed by atoms with Gasteiger partial charge in [0, 0.05) is 23.8 Å². The first-order chi connectivity index (χ1) is 16.1. The number of amides is 1. The van der Waals surface area contributed by atoms with E-state index in [1.807, 2.05) is 4.72 Å². The van der Waals surface area contributed by atoms with Crippen LogP contribution in [0.5, 0.6) is 5.75 Å². The molecule has 3 N–H and O–H groups in total. The van der Waals surface area contributed by atoms with Crippen molar-refractivity contribution in [1.29, 1.82) is 0 Å². The molecule has 0 bridgehead atoms. The number of alkyl halides is 2. The van der Waals surface area contributed by atoms with Gasteiger partial charge >= 0.3 is 6.61 Å². The summed E-state index contributed by atoms with van der Waals surface area (Å²) in [5.41, 5.74) is -1.06. The highest BCUT2D eigenvalue weighted by Crippen LogP contribution is 2.29. The van der Waals surface area contributed by atoms with E-state index in [0.717, 1.165) is 36.4 Å². The Labute approximate surface area is 189 Å². The number of pyridine rings is 1. The number of sulfonamides is 1. The molecular weight excluding hydrogens is 480 g/mol. The van der Waals surface area contributed by atoms with Crippen LogP contribution in [-0.2, 0) is 10.0 Å². The molecule has 0 aliphatic carbocycles. The van der Waals surface area contributed by atoms with Crippen molar-refractivity contribution in [2.45, 2.75) is 11.5 Å². The van der Waals surface area contributed by atoms with E-state index in [9.17, 15) is 30.8 Å². The van der Waals surface area contributed by atoms with Gasteiger partial charge in [-0.15, -0.1) is 0 Å². The second-order valence-electron chi connectivity index (χ2n) is 6.84.